The topological polar surface area (TPSA) is 106 Å². The summed E-state index contributed by atoms with van der Waals surface area (Å²) in [6.07, 6.45) is 2.81. The molecule has 1 fully saturated rings. The molecule has 0 spiro atoms. The fraction of sp³-hybridized carbons (Fsp3) is 0.500. The molecule has 2 aromatic rings. The molecule has 1 aromatic heterocycles. The molecule has 0 saturated carbocycles. The Morgan fingerprint density at radius 3 is 2.62 bits per heavy atom. The molecule has 2 aliphatic heterocycles. The molecule has 34 heavy (non-hydrogen) atoms. The Hall–Kier alpha value is -3.56. The van der Waals surface area contributed by atoms with Crippen LogP contribution in [0.25, 0.3) is 0 Å². The van der Waals surface area contributed by atoms with Crippen molar-refractivity contribution in [1.29, 1.82) is 0 Å². The lowest BCUT2D eigenvalue weighted by Crippen LogP contribution is -2.49. The largest absolute Gasteiger partial charge is 0.485 e. The number of esters is 1. The number of rotatable bonds is 5. The summed E-state index contributed by atoms with van der Waals surface area (Å²) in [6.45, 7) is 9.55. The van der Waals surface area contributed by atoms with E-state index in [4.69, 9.17) is 14.2 Å². The second-order valence-electron chi connectivity index (χ2n) is 8.76. The number of fused-ring (bicyclic) bond motifs is 1. The van der Waals surface area contributed by atoms with Crippen LogP contribution in [0.15, 0.2) is 24.5 Å². The van der Waals surface area contributed by atoms with Crippen molar-refractivity contribution in [2.45, 2.75) is 52.7 Å². The summed E-state index contributed by atoms with van der Waals surface area (Å²) in [7, 11) is 0. The fourth-order valence-electron chi connectivity index (χ4n) is 4.27. The molecule has 1 aromatic carbocycles. The third-order valence-electron chi connectivity index (χ3n) is 5.85. The number of aromatic nitrogens is 2. The van der Waals surface area contributed by atoms with E-state index in [9.17, 15) is 9.59 Å². The number of amides is 1. The van der Waals surface area contributed by atoms with Gasteiger partial charge in [-0.25, -0.2) is 14.8 Å². The van der Waals surface area contributed by atoms with Gasteiger partial charge in [-0.2, -0.15) is 0 Å². The highest BCUT2D eigenvalue weighted by molar-refractivity contribution is 5.74. The van der Waals surface area contributed by atoms with Crippen LogP contribution < -0.4 is 19.7 Å². The molecule has 2 aliphatic rings. The first-order valence-corrected chi connectivity index (χ1v) is 11.6. The molecule has 1 N–H and O–H groups in total. The lowest BCUT2D eigenvalue weighted by atomic mass is 10.0. The number of hydrogen-bond donors (Lipinski definition) is 1. The molecular formula is C24H31N5O5. The molecule has 10 heteroatoms. The maximum absolute atomic E-state index is 12.2. The predicted molar refractivity (Wildman–Crippen MR) is 127 cm³/mol. The van der Waals surface area contributed by atoms with Crippen LogP contribution in [0.5, 0.6) is 11.5 Å². The number of nitrogens with zero attached hydrogens (tertiary/aromatic N) is 4. The Labute approximate surface area is 199 Å². The number of aryl methyl sites for hydroxylation is 1. The van der Waals surface area contributed by atoms with Crippen molar-refractivity contribution in [3.63, 3.8) is 0 Å². The van der Waals surface area contributed by atoms with Crippen molar-refractivity contribution in [2.75, 3.05) is 36.5 Å². The first-order valence-electron chi connectivity index (χ1n) is 11.6. The van der Waals surface area contributed by atoms with Gasteiger partial charge in [-0.15, -0.1) is 0 Å². The molecule has 0 unspecified atom stereocenters. The summed E-state index contributed by atoms with van der Waals surface area (Å²) < 4.78 is 16.5. The Bertz CT molecular complexity index is 1050. The van der Waals surface area contributed by atoms with Gasteiger partial charge in [0.05, 0.1) is 12.6 Å². The number of ether oxygens (including phenoxy) is 3. The van der Waals surface area contributed by atoms with E-state index >= 15 is 0 Å². The number of carbonyl (C=O) groups excluding carboxylic acids is 2. The van der Waals surface area contributed by atoms with Gasteiger partial charge in [-0.05, 0) is 57.4 Å². The monoisotopic (exact) mass is 469 g/mol. The minimum Gasteiger partial charge on any atom is -0.485 e. The van der Waals surface area contributed by atoms with Crippen LogP contribution in [0.2, 0.25) is 0 Å². The summed E-state index contributed by atoms with van der Waals surface area (Å²) in [5.74, 6) is 2.07. The maximum atomic E-state index is 12.2. The number of carbonyl (C=O) groups is 2. The van der Waals surface area contributed by atoms with Crippen LogP contribution in [-0.2, 0) is 9.53 Å². The van der Waals surface area contributed by atoms with Crippen molar-refractivity contribution >= 4 is 29.4 Å². The standard InChI is InChI=1S/C24H31N5O5/c1-15(2)33-24(31)28-9-7-18(8-10-28)29-11-12-32-21-22(25-14-26-23(21)29)27-20-6-5-19(13-16(20)3)34-17(4)30/h5-6,13-15,18H,7-12H2,1-4H3,(H,25,26,27). The predicted octanol–water partition coefficient (Wildman–Crippen LogP) is 3.66. The van der Waals surface area contributed by atoms with E-state index in [1.807, 2.05) is 26.8 Å². The Balaban J connectivity index is 1.48. The zero-order chi connectivity index (χ0) is 24.2. The van der Waals surface area contributed by atoms with Gasteiger partial charge in [0.25, 0.3) is 0 Å². The van der Waals surface area contributed by atoms with Crippen molar-refractivity contribution in [3.05, 3.63) is 30.1 Å². The van der Waals surface area contributed by atoms with Crippen molar-refractivity contribution in [2.24, 2.45) is 0 Å². The van der Waals surface area contributed by atoms with E-state index in [2.05, 4.69) is 20.2 Å². The molecule has 0 radical (unpaired) electrons. The van der Waals surface area contributed by atoms with Gasteiger partial charge in [0.2, 0.25) is 5.75 Å². The molecule has 4 rings (SSSR count). The van der Waals surface area contributed by atoms with E-state index in [-0.39, 0.29) is 24.2 Å². The van der Waals surface area contributed by atoms with Gasteiger partial charge in [0, 0.05) is 31.7 Å². The summed E-state index contributed by atoms with van der Waals surface area (Å²) in [5, 5.41) is 3.33. The van der Waals surface area contributed by atoms with Crippen LogP contribution in [0, 0.1) is 6.92 Å². The maximum Gasteiger partial charge on any atom is 0.410 e. The second-order valence-corrected chi connectivity index (χ2v) is 8.76. The van der Waals surface area contributed by atoms with E-state index in [0.717, 1.165) is 36.5 Å². The molecule has 0 atom stereocenters. The van der Waals surface area contributed by atoms with Gasteiger partial charge in [-0.1, -0.05) is 0 Å². The average Bonchev–Trinajstić information content (AvgIpc) is 2.80. The van der Waals surface area contributed by atoms with E-state index in [1.54, 1.807) is 17.0 Å². The number of benzene rings is 1. The van der Waals surface area contributed by atoms with Gasteiger partial charge in [0.15, 0.2) is 11.6 Å². The summed E-state index contributed by atoms with van der Waals surface area (Å²) in [6, 6.07) is 5.62. The van der Waals surface area contributed by atoms with E-state index < -0.39 is 0 Å². The Morgan fingerprint density at radius 1 is 1.18 bits per heavy atom. The zero-order valence-electron chi connectivity index (χ0n) is 20.0. The van der Waals surface area contributed by atoms with Crippen LogP contribution in [0.4, 0.5) is 22.1 Å². The third kappa shape index (κ3) is 5.32. The molecule has 3 heterocycles. The van der Waals surface area contributed by atoms with Crippen LogP contribution >= 0.6 is 0 Å². The molecule has 0 bridgehead atoms. The fourth-order valence-corrected chi connectivity index (χ4v) is 4.27. The number of anilines is 3. The van der Waals surface area contributed by atoms with Crippen molar-refractivity contribution in [1.82, 2.24) is 14.9 Å². The minimum absolute atomic E-state index is 0.125. The first kappa shape index (κ1) is 23.6. The van der Waals surface area contributed by atoms with Crippen LogP contribution in [0.3, 0.4) is 0 Å². The highest BCUT2D eigenvalue weighted by Crippen LogP contribution is 2.39. The Morgan fingerprint density at radius 2 is 1.94 bits per heavy atom. The highest BCUT2D eigenvalue weighted by Gasteiger charge is 2.33. The van der Waals surface area contributed by atoms with Gasteiger partial charge in [0.1, 0.15) is 18.7 Å². The third-order valence-corrected chi connectivity index (χ3v) is 5.85. The van der Waals surface area contributed by atoms with E-state index in [1.165, 1.54) is 13.3 Å². The number of likely N-dealkylation sites (tertiary alicyclic amines) is 1. The quantitative estimate of drug-likeness (QED) is 0.519. The smallest absolute Gasteiger partial charge is 0.410 e. The summed E-state index contributed by atoms with van der Waals surface area (Å²) in [4.78, 5) is 36.4. The minimum atomic E-state index is -0.360. The highest BCUT2D eigenvalue weighted by atomic mass is 16.6. The van der Waals surface area contributed by atoms with Gasteiger partial charge < -0.3 is 29.3 Å². The van der Waals surface area contributed by atoms with Crippen molar-refractivity contribution in [3.8, 4) is 11.5 Å². The zero-order valence-corrected chi connectivity index (χ0v) is 20.0. The molecule has 1 saturated heterocycles. The lowest BCUT2D eigenvalue weighted by molar-refractivity contribution is -0.131. The van der Waals surface area contributed by atoms with E-state index in [0.29, 0.717) is 37.0 Å². The molecule has 10 nitrogen and oxygen atoms in total. The summed E-state index contributed by atoms with van der Waals surface area (Å²) >= 11 is 0. The SMILES string of the molecule is CC(=O)Oc1ccc(Nc2ncnc3c2OCCN3C2CCN(C(=O)OC(C)C)CC2)c(C)c1. The van der Waals surface area contributed by atoms with Crippen LogP contribution in [0.1, 0.15) is 39.2 Å². The summed E-state index contributed by atoms with van der Waals surface area (Å²) in [5.41, 5.74) is 1.73. The molecule has 1 amide bonds. The van der Waals surface area contributed by atoms with Crippen LogP contribution in [-0.4, -0.2) is 65.3 Å². The average molecular weight is 470 g/mol. The normalized spacial score (nSPS) is 16.0. The van der Waals surface area contributed by atoms with Crippen molar-refractivity contribution < 1.29 is 23.8 Å². The lowest BCUT2D eigenvalue weighted by Gasteiger charge is -2.41. The number of hydrogen-bond acceptors (Lipinski definition) is 9. The molecule has 182 valence electrons. The molecule has 0 aliphatic carbocycles. The molecular weight excluding hydrogens is 438 g/mol. The Kier molecular flexibility index (Phi) is 7.04. The number of piperidine rings is 1. The number of nitrogens with one attached hydrogen (secondary N) is 1. The second kappa shape index (κ2) is 10.1. The first-order chi connectivity index (χ1) is 16.3. The van der Waals surface area contributed by atoms with Gasteiger partial charge in [-0.3, -0.25) is 4.79 Å². The van der Waals surface area contributed by atoms with Gasteiger partial charge >= 0.3 is 12.1 Å².